The van der Waals surface area contributed by atoms with Gasteiger partial charge < -0.3 is 19.6 Å². The van der Waals surface area contributed by atoms with Gasteiger partial charge in [0.25, 0.3) is 0 Å². The second-order valence-electron chi connectivity index (χ2n) is 19.1. The van der Waals surface area contributed by atoms with E-state index in [9.17, 15) is 0 Å². The first-order valence-corrected chi connectivity index (χ1v) is 24.3. The number of hydrogen-bond donors (Lipinski definition) is 0. The molecule has 0 aliphatic carbocycles. The Hall–Kier alpha value is -8.34. The van der Waals surface area contributed by atoms with Crippen LogP contribution in [0, 0.1) is 55.4 Å². The Balaban J connectivity index is 1.12. The fraction of sp³-hybridized carbons (Fsp3) is 0.121. The Morgan fingerprint density at radius 2 is 0.329 bits per heavy atom. The molecule has 0 saturated heterocycles. The molecule has 0 unspecified atom stereocenters. The molecule has 4 heteroatoms. The lowest BCUT2D eigenvalue weighted by Crippen LogP contribution is -2.14. The molecule has 0 bridgehead atoms. The zero-order valence-electron chi connectivity index (χ0n) is 41.6. The predicted octanol–water partition coefficient (Wildman–Crippen LogP) is 19.2. The van der Waals surface area contributed by atoms with Crippen molar-refractivity contribution in [2.45, 2.75) is 55.4 Å². The Labute approximate surface area is 415 Å². The van der Waals surface area contributed by atoms with Crippen LogP contribution in [0.2, 0.25) is 0 Å². The molecule has 10 aromatic carbocycles. The number of hydrogen-bond acceptors (Lipinski definition) is 4. The lowest BCUT2D eigenvalue weighted by atomic mass is 9.98. The van der Waals surface area contributed by atoms with E-state index in [0.717, 1.165) is 68.2 Å². The van der Waals surface area contributed by atoms with Crippen LogP contribution in [0.4, 0.5) is 68.2 Å². The fourth-order valence-electron chi connectivity index (χ4n) is 9.49. The molecule has 70 heavy (non-hydrogen) atoms. The lowest BCUT2D eigenvalue weighted by Gasteiger charge is -2.32. The van der Waals surface area contributed by atoms with Crippen molar-refractivity contribution in [2.24, 2.45) is 0 Å². The number of benzene rings is 10. The molecule has 344 valence electrons. The number of anilines is 12. The third-order valence-electron chi connectivity index (χ3n) is 13.3. The average molecular weight is 909 g/mol. The van der Waals surface area contributed by atoms with Crippen LogP contribution in [0.15, 0.2) is 218 Å². The van der Waals surface area contributed by atoms with Crippen molar-refractivity contribution in [2.75, 3.05) is 19.6 Å². The van der Waals surface area contributed by atoms with Gasteiger partial charge in [0.05, 0.1) is 11.4 Å². The summed E-state index contributed by atoms with van der Waals surface area (Å²) in [5, 5.41) is 2.34. The second kappa shape index (κ2) is 19.3. The summed E-state index contributed by atoms with van der Waals surface area (Å²) >= 11 is 0. The molecule has 4 nitrogen and oxygen atoms in total. The summed E-state index contributed by atoms with van der Waals surface area (Å²) in [5.74, 6) is 0. The molecule has 0 amide bonds. The molecule has 0 fully saturated rings. The van der Waals surface area contributed by atoms with E-state index in [2.05, 4.69) is 293 Å². The van der Waals surface area contributed by atoms with Crippen molar-refractivity contribution in [1.29, 1.82) is 0 Å². The predicted molar refractivity (Wildman–Crippen MR) is 301 cm³/mol. The monoisotopic (exact) mass is 908 g/mol. The number of fused-ring (bicyclic) bond motifs is 1. The first-order chi connectivity index (χ1) is 33.9. The number of nitrogens with zero attached hydrogens (tertiary/aromatic N) is 4. The van der Waals surface area contributed by atoms with Gasteiger partial charge >= 0.3 is 0 Å². The number of rotatable bonds is 12. The molecule has 0 saturated carbocycles. The van der Waals surface area contributed by atoms with E-state index in [0.29, 0.717) is 0 Å². The first-order valence-electron chi connectivity index (χ1n) is 24.3. The summed E-state index contributed by atoms with van der Waals surface area (Å²) in [7, 11) is 0. The third-order valence-corrected chi connectivity index (χ3v) is 13.3. The van der Waals surface area contributed by atoms with E-state index in [1.54, 1.807) is 0 Å². The maximum absolute atomic E-state index is 2.43. The van der Waals surface area contributed by atoms with Gasteiger partial charge in [-0.3, -0.25) is 0 Å². The molecule has 0 N–H and O–H groups in total. The minimum atomic E-state index is 1.08. The van der Waals surface area contributed by atoms with Gasteiger partial charge in [0.1, 0.15) is 0 Å². The van der Waals surface area contributed by atoms with Gasteiger partial charge in [-0.05, 0) is 212 Å². The zero-order chi connectivity index (χ0) is 48.5. The molecule has 10 aromatic rings. The molecule has 0 aromatic heterocycles. The summed E-state index contributed by atoms with van der Waals surface area (Å²) in [5.41, 5.74) is 23.0. The summed E-state index contributed by atoms with van der Waals surface area (Å²) in [4.78, 5) is 9.54. The van der Waals surface area contributed by atoms with Crippen LogP contribution in [-0.4, -0.2) is 0 Å². The molecule has 0 spiro atoms. The van der Waals surface area contributed by atoms with Crippen LogP contribution in [0.1, 0.15) is 44.5 Å². The first kappa shape index (κ1) is 45.4. The standard InChI is InChI=1S/C66H60N4/c1-45-9-21-53(22-10-45)67(54-23-11-46(2)12-24-54)57-33-37-61(38-34-57)69(59-29-17-49(5)18-30-59)65-43-51(7)42-64-63(65)41-52(8)44-66(64)70(60-31-19-50(6)20-32-60)62-39-35-58(36-40-62)68(55-25-13-47(3)14-26-55)56-27-15-48(4)16-28-56/h9-44H,1-8H3. The van der Waals surface area contributed by atoms with Crippen LogP contribution < -0.4 is 19.6 Å². The highest BCUT2D eigenvalue weighted by atomic mass is 15.2. The SMILES string of the molecule is Cc1ccc(N(c2ccc(C)cc2)c2ccc(N(c3ccc(C)cc3)c3cc(C)cc4c(N(c5ccc(C)cc5)c5ccc(N(c6ccc(C)cc6)c6ccc(C)cc6)cc5)cc(C)cc34)cc2)cc1. The Morgan fingerprint density at radius 3 is 0.514 bits per heavy atom. The van der Waals surface area contributed by atoms with Crippen molar-refractivity contribution < 1.29 is 0 Å². The van der Waals surface area contributed by atoms with Crippen LogP contribution in [0.3, 0.4) is 0 Å². The van der Waals surface area contributed by atoms with E-state index in [1.807, 2.05) is 0 Å². The van der Waals surface area contributed by atoms with Crippen molar-refractivity contribution >= 4 is 79.0 Å². The average Bonchev–Trinajstić information content (AvgIpc) is 3.36. The Morgan fingerprint density at radius 1 is 0.171 bits per heavy atom. The summed E-state index contributed by atoms with van der Waals surface area (Å²) in [6, 6.07) is 80.5. The highest BCUT2D eigenvalue weighted by Gasteiger charge is 2.23. The topological polar surface area (TPSA) is 13.0 Å². The highest BCUT2D eigenvalue weighted by molar-refractivity contribution is 6.08. The highest BCUT2D eigenvalue weighted by Crippen LogP contribution is 2.47. The van der Waals surface area contributed by atoms with Crippen molar-refractivity contribution in [3.8, 4) is 0 Å². The third kappa shape index (κ3) is 9.42. The zero-order valence-corrected chi connectivity index (χ0v) is 41.6. The van der Waals surface area contributed by atoms with Gasteiger partial charge in [-0.25, -0.2) is 0 Å². The quantitative estimate of drug-likeness (QED) is 0.121. The summed E-state index contributed by atoms with van der Waals surface area (Å²) in [6.45, 7) is 17.3. The molecule has 0 atom stereocenters. The van der Waals surface area contributed by atoms with Crippen molar-refractivity contribution in [3.05, 3.63) is 263 Å². The van der Waals surface area contributed by atoms with E-state index in [4.69, 9.17) is 0 Å². The van der Waals surface area contributed by atoms with Gasteiger partial charge in [0.15, 0.2) is 0 Å². The lowest BCUT2D eigenvalue weighted by molar-refractivity contribution is 1.24. The Kier molecular flexibility index (Phi) is 12.6. The minimum absolute atomic E-state index is 1.08. The molecule has 0 radical (unpaired) electrons. The van der Waals surface area contributed by atoms with Crippen molar-refractivity contribution in [3.63, 3.8) is 0 Å². The molecule has 0 aliphatic heterocycles. The van der Waals surface area contributed by atoms with Gasteiger partial charge in [-0.15, -0.1) is 0 Å². The van der Waals surface area contributed by atoms with Crippen LogP contribution >= 0.6 is 0 Å². The Bertz CT molecular complexity index is 3070. The molecule has 10 rings (SSSR count). The summed E-state index contributed by atoms with van der Waals surface area (Å²) < 4.78 is 0. The maximum atomic E-state index is 2.43. The van der Waals surface area contributed by atoms with E-state index in [1.165, 1.54) is 55.3 Å². The second-order valence-corrected chi connectivity index (χ2v) is 19.1. The molecule has 0 heterocycles. The van der Waals surface area contributed by atoms with Crippen LogP contribution in [-0.2, 0) is 0 Å². The molecular formula is C66H60N4. The fourth-order valence-corrected chi connectivity index (χ4v) is 9.49. The smallest absolute Gasteiger partial charge is 0.0543 e. The van der Waals surface area contributed by atoms with E-state index < -0.39 is 0 Å². The minimum Gasteiger partial charge on any atom is -0.311 e. The van der Waals surface area contributed by atoms with Crippen LogP contribution in [0.25, 0.3) is 10.8 Å². The van der Waals surface area contributed by atoms with Gasteiger partial charge in [-0.2, -0.15) is 0 Å². The van der Waals surface area contributed by atoms with Gasteiger partial charge in [0, 0.05) is 67.6 Å². The van der Waals surface area contributed by atoms with Gasteiger partial charge in [-0.1, -0.05) is 106 Å². The van der Waals surface area contributed by atoms with Crippen LogP contribution in [0.5, 0.6) is 0 Å². The number of aryl methyl sites for hydroxylation is 8. The summed E-state index contributed by atoms with van der Waals surface area (Å²) in [6.07, 6.45) is 0. The van der Waals surface area contributed by atoms with E-state index >= 15 is 0 Å². The molecular weight excluding hydrogens is 849 g/mol. The van der Waals surface area contributed by atoms with E-state index in [-0.39, 0.29) is 0 Å². The normalized spacial score (nSPS) is 11.1. The van der Waals surface area contributed by atoms with Crippen molar-refractivity contribution in [1.82, 2.24) is 0 Å². The van der Waals surface area contributed by atoms with Gasteiger partial charge in [0.2, 0.25) is 0 Å². The maximum Gasteiger partial charge on any atom is 0.0543 e. The largest absolute Gasteiger partial charge is 0.311 e. The molecule has 0 aliphatic rings.